The van der Waals surface area contributed by atoms with Gasteiger partial charge in [-0.05, 0) is 54.8 Å². The Balaban J connectivity index is 1.92. The van der Waals surface area contributed by atoms with Gasteiger partial charge in [0.2, 0.25) is 0 Å². The predicted molar refractivity (Wildman–Crippen MR) is 66.3 cm³/mol. The summed E-state index contributed by atoms with van der Waals surface area (Å²) in [6.45, 7) is 7.63. The summed E-state index contributed by atoms with van der Waals surface area (Å²) in [5.41, 5.74) is 0.261. The van der Waals surface area contributed by atoms with E-state index < -0.39 is 0 Å². The molecule has 0 N–H and O–H groups in total. The second kappa shape index (κ2) is 3.73. The molecule has 0 heterocycles. The van der Waals surface area contributed by atoms with E-state index in [2.05, 4.69) is 20.8 Å². The highest BCUT2D eigenvalue weighted by molar-refractivity contribution is 5.38. The van der Waals surface area contributed by atoms with E-state index in [0.29, 0.717) is 18.3 Å². The molecule has 0 amide bonds. The number of ether oxygens (including phenoxy) is 1. The molecule has 0 aliphatic heterocycles. The SMILES string of the molecule is CC(C)(C)C1C2CCC(C3CCC32)C1OC=O. The maximum Gasteiger partial charge on any atom is 0.293 e. The second-order valence-electron chi connectivity index (χ2n) is 7.40. The van der Waals surface area contributed by atoms with Crippen LogP contribution in [0.25, 0.3) is 0 Å². The minimum absolute atomic E-state index is 0.202. The first kappa shape index (κ1) is 11.6. The van der Waals surface area contributed by atoms with Crippen molar-refractivity contribution < 1.29 is 9.53 Å². The van der Waals surface area contributed by atoms with Crippen LogP contribution in [0.1, 0.15) is 46.5 Å². The molecule has 0 radical (unpaired) electrons. The Morgan fingerprint density at radius 2 is 1.47 bits per heavy atom. The molecule has 0 aromatic heterocycles. The fourth-order valence-electron chi connectivity index (χ4n) is 5.18. The molecule has 0 spiro atoms. The molecule has 4 aliphatic carbocycles. The average molecular weight is 236 g/mol. The molecule has 4 rings (SSSR count). The van der Waals surface area contributed by atoms with Crippen molar-refractivity contribution in [2.24, 2.45) is 35.0 Å². The monoisotopic (exact) mass is 236 g/mol. The smallest absolute Gasteiger partial charge is 0.293 e. The Morgan fingerprint density at radius 1 is 0.941 bits per heavy atom. The van der Waals surface area contributed by atoms with Gasteiger partial charge in [-0.2, -0.15) is 0 Å². The van der Waals surface area contributed by atoms with Gasteiger partial charge in [0.15, 0.2) is 0 Å². The van der Waals surface area contributed by atoms with Crippen LogP contribution in [0.15, 0.2) is 0 Å². The van der Waals surface area contributed by atoms with E-state index in [0.717, 1.165) is 17.8 Å². The van der Waals surface area contributed by atoms with Crippen LogP contribution in [0.2, 0.25) is 0 Å². The van der Waals surface area contributed by atoms with Crippen molar-refractivity contribution in [1.82, 2.24) is 0 Å². The summed E-state index contributed by atoms with van der Waals surface area (Å²) in [5.74, 6) is 3.87. The highest BCUT2D eigenvalue weighted by Crippen LogP contribution is 2.63. The number of hydrogen-bond donors (Lipinski definition) is 0. The number of carbonyl (C=O) groups is 1. The van der Waals surface area contributed by atoms with Crippen molar-refractivity contribution >= 4 is 6.47 Å². The van der Waals surface area contributed by atoms with Crippen LogP contribution in [-0.2, 0) is 9.53 Å². The Bertz CT molecular complexity index is 317. The second-order valence-corrected chi connectivity index (χ2v) is 7.40. The molecule has 4 saturated carbocycles. The van der Waals surface area contributed by atoms with E-state index in [-0.39, 0.29) is 11.5 Å². The van der Waals surface area contributed by atoms with Gasteiger partial charge in [0.05, 0.1) is 0 Å². The third-order valence-electron chi connectivity index (χ3n) is 5.77. The summed E-state index contributed by atoms with van der Waals surface area (Å²) in [6, 6.07) is 0. The molecule has 2 nitrogen and oxygen atoms in total. The number of fused-ring (bicyclic) bond motifs is 2. The summed E-state index contributed by atoms with van der Waals surface area (Å²) in [4.78, 5) is 10.8. The topological polar surface area (TPSA) is 26.3 Å². The fourth-order valence-corrected chi connectivity index (χ4v) is 5.18. The van der Waals surface area contributed by atoms with Crippen molar-refractivity contribution in [3.63, 3.8) is 0 Å². The van der Waals surface area contributed by atoms with Crippen LogP contribution < -0.4 is 0 Å². The van der Waals surface area contributed by atoms with E-state index in [1.165, 1.54) is 25.7 Å². The van der Waals surface area contributed by atoms with Crippen LogP contribution >= 0.6 is 0 Å². The van der Waals surface area contributed by atoms with Crippen LogP contribution in [0, 0.1) is 35.0 Å². The molecule has 6 unspecified atom stereocenters. The molecular weight excluding hydrogens is 212 g/mol. The maximum absolute atomic E-state index is 10.8. The van der Waals surface area contributed by atoms with Crippen LogP contribution in [-0.4, -0.2) is 12.6 Å². The molecule has 0 aromatic rings. The van der Waals surface area contributed by atoms with Gasteiger partial charge in [-0.3, -0.25) is 4.79 Å². The maximum atomic E-state index is 10.8. The molecule has 96 valence electrons. The molecule has 4 aliphatic rings. The lowest BCUT2D eigenvalue weighted by Gasteiger charge is -2.63. The first-order chi connectivity index (χ1) is 8.04. The van der Waals surface area contributed by atoms with Crippen LogP contribution in [0.5, 0.6) is 0 Å². The van der Waals surface area contributed by atoms with Crippen molar-refractivity contribution in [3.05, 3.63) is 0 Å². The Hall–Kier alpha value is -0.530. The van der Waals surface area contributed by atoms with E-state index in [1.807, 2.05) is 0 Å². The molecule has 2 bridgehead atoms. The largest absolute Gasteiger partial charge is 0.464 e. The summed E-state index contributed by atoms with van der Waals surface area (Å²) in [7, 11) is 0. The third-order valence-corrected chi connectivity index (χ3v) is 5.77. The molecular formula is C15H24O2. The first-order valence-electron chi connectivity index (χ1n) is 7.13. The summed E-state index contributed by atoms with van der Waals surface area (Å²) in [6.07, 6.45) is 5.66. The molecule has 6 atom stereocenters. The number of hydrogen-bond acceptors (Lipinski definition) is 2. The lowest BCUT2D eigenvalue weighted by molar-refractivity contribution is -0.201. The van der Waals surface area contributed by atoms with E-state index in [1.54, 1.807) is 0 Å². The van der Waals surface area contributed by atoms with Crippen molar-refractivity contribution in [1.29, 1.82) is 0 Å². The standard InChI is InChI=1S/C15H24O2/c1-15(2,3)13-11-6-7-12(14(13)17-8-16)10-5-4-9(10)11/h8-14H,4-7H2,1-3H3. The third kappa shape index (κ3) is 1.56. The summed E-state index contributed by atoms with van der Waals surface area (Å²) < 4.78 is 5.53. The van der Waals surface area contributed by atoms with E-state index >= 15 is 0 Å². The van der Waals surface area contributed by atoms with Crippen molar-refractivity contribution in [3.8, 4) is 0 Å². The van der Waals surface area contributed by atoms with Crippen LogP contribution in [0.3, 0.4) is 0 Å². The van der Waals surface area contributed by atoms with Gasteiger partial charge in [-0.25, -0.2) is 0 Å². The summed E-state index contributed by atoms with van der Waals surface area (Å²) in [5, 5.41) is 0. The molecule has 0 saturated heterocycles. The van der Waals surface area contributed by atoms with Crippen molar-refractivity contribution in [2.75, 3.05) is 0 Å². The van der Waals surface area contributed by atoms with Gasteiger partial charge >= 0.3 is 0 Å². The van der Waals surface area contributed by atoms with Gasteiger partial charge < -0.3 is 4.74 Å². The lowest BCUT2D eigenvalue weighted by atomic mass is 9.43. The van der Waals surface area contributed by atoms with Crippen LogP contribution in [0.4, 0.5) is 0 Å². The zero-order chi connectivity index (χ0) is 12.2. The fraction of sp³-hybridized carbons (Fsp3) is 0.933. The Kier molecular flexibility index (Phi) is 2.53. The Morgan fingerprint density at radius 3 is 2.00 bits per heavy atom. The normalized spacial score (nSPS) is 48.2. The minimum atomic E-state index is 0.202. The first-order valence-corrected chi connectivity index (χ1v) is 7.13. The molecule has 4 fully saturated rings. The molecule has 17 heavy (non-hydrogen) atoms. The van der Waals surface area contributed by atoms with Gasteiger partial charge in [-0.15, -0.1) is 0 Å². The quantitative estimate of drug-likeness (QED) is 0.688. The average Bonchev–Trinajstić information content (AvgIpc) is 2.16. The lowest BCUT2D eigenvalue weighted by Crippen LogP contribution is -2.61. The van der Waals surface area contributed by atoms with Gasteiger partial charge in [-0.1, -0.05) is 20.8 Å². The number of carbonyl (C=O) groups excluding carboxylic acids is 1. The van der Waals surface area contributed by atoms with Gasteiger partial charge in [0.25, 0.3) is 6.47 Å². The zero-order valence-corrected chi connectivity index (χ0v) is 11.2. The highest BCUT2D eigenvalue weighted by Gasteiger charge is 2.60. The van der Waals surface area contributed by atoms with E-state index in [9.17, 15) is 4.79 Å². The Labute approximate surface area is 104 Å². The minimum Gasteiger partial charge on any atom is -0.464 e. The number of rotatable bonds is 2. The molecule has 2 heteroatoms. The predicted octanol–water partition coefficient (Wildman–Crippen LogP) is 3.26. The molecule has 0 aromatic carbocycles. The zero-order valence-electron chi connectivity index (χ0n) is 11.2. The van der Waals surface area contributed by atoms with E-state index in [4.69, 9.17) is 4.74 Å². The summed E-state index contributed by atoms with van der Waals surface area (Å²) >= 11 is 0. The van der Waals surface area contributed by atoms with Gasteiger partial charge in [0, 0.05) is 5.92 Å². The van der Waals surface area contributed by atoms with Gasteiger partial charge in [0.1, 0.15) is 6.10 Å². The highest BCUT2D eigenvalue weighted by atomic mass is 16.5. The van der Waals surface area contributed by atoms with Crippen molar-refractivity contribution in [2.45, 2.75) is 52.6 Å².